The van der Waals surface area contributed by atoms with Crippen LogP contribution in [0, 0.1) is 6.92 Å². The minimum atomic E-state index is 0.132. The van der Waals surface area contributed by atoms with Crippen molar-refractivity contribution in [2.45, 2.75) is 64.3 Å². The van der Waals surface area contributed by atoms with Crippen LogP contribution < -0.4 is 0 Å². The summed E-state index contributed by atoms with van der Waals surface area (Å²) in [7, 11) is 2.18. The number of piperidine rings is 1. The number of rotatable bonds is 2. The number of aromatic nitrogens is 3. The average molecular weight is 398 g/mol. The minimum Gasteiger partial charge on any atom is -0.465 e. The number of likely N-dealkylation sites (tertiary alicyclic amines) is 1. The van der Waals surface area contributed by atoms with Gasteiger partial charge in [-0.2, -0.15) is 0 Å². The molecule has 4 heterocycles. The van der Waals surface area contributed by atoms with Crippen molar-refractivity contribution in [3.63, 3.8) is 0 Å². The first-order valence-corrected chi connectivity index (χ1v) is 11.1. The highest BCUT2D eigenvalue weighted by atomic mass is 16.3. The summed E-state index contributed by atoms with van der Waals surface area (Å²) in [5.41, 5.74) is 1.99. The summed E-state index contributed by atoms with van der Waals surface area (Å²) in [6.45, 7) is 6.33. The number of amides is 1. The number of likely N-dealkylation sites (N-methyl/N-ethyl adjacent to an activating group) is 1. The molecule has 1 fully saturated rings. The highest BCUT2D eigenvalue weighted by Crippen LogP contribution is 2.31. The van der Waals surface area contributed by atoms with Crippen LogP contribution in [-0.4, -0.2) is 63.7 Å². The molecular formula is C22H31N5O2. The van der Waals surface area contributed by atoms with E-state index in [4.69, 9.17) is 4.42 Å². The zero-order valence-corrected chi connectivity index (χ0v) is 17.6. The van der Waals surface area contributed by atoms with Crippen molar-refractivity contribution >= 4 is 5.91 Å². The van der Waals surface area contributed by atoms with E-state index in [1.165, 1.54) is 12.8 Å². The van der Waals surface area contributed by atoms with Gasteiger partial charge in [0.05, 0.1) is 5.56 Å². The van der Waals surface area contributed by atoms with Crippen molar-refractivity contribution in [2.75, 3.05) is 33.2 Å². The van der Waals surface area contributed by atoms with E-state index in [1.807, 2.05) is 11.8 Å². The number of hydrogen-bond donors (Lipinski definition) is 0. The molecule has 3 aliphatic rings. The highest BCUT2D eigenvalue weighted by molar-refractivity contribution is 5.97. The zero-order chi connectivity index (χ0) is 20.0. The lowest BCUT2D eigenvalue weighted by atomic mass is 9.94. The molecule has 0 bridgehead atoms. The summed E-state index contributed by atoms with van der Waals surface area (Å²) in [5, 5.41) is 9.06. The Morgan fingerprint density at radius 3 is 2.76 bits per heavy atom. The van der Waals surface area contributed by atoms with E-state index < -0.39 is 0 Å². The average Bonchev–Trinajstić information content (AvgIpc) is 3.20. The topological polar surface area (TPSA) is 67.4 Å². The maximum atomic E-state index is 13.4. The summed E-state index contributed by atoms with van der Waals surface area (Å²) in [6.07, 6.45) is 7.37. The first kappa shape index (κ1) is 18.9. The third kappa shape index (κ3) is 3.39. The third-order valence-electron chi connectivity index (χ3n) is 6.89. The molecule has 1 unspecified atom stereocenters. The van der Waals surface area contributed by atoms with Crippen molar-refractivity contribution in [2.24, 2.45) is 0 Å². The summed E-state index contributed by atoms with van der Waals surface area (Å²) in [5.74, 6) is 4.53. The first-order chi connectivity index (χ1) is 14.1. The second-order valence-electron chi connectivity index (χ2n) is 8.91. The second kappa shape index (κ2) is 7.59. The van der Waals surface area contributed by atoms with Crippen LogP contribution in [0.25, 0.3) is 0 Å². The van der Waals surface area contributed by atoms with E-state index in [2.05, 4.69) is 26.7 Å². The Hall–Kier alpha value is -2.15. The van der Waals surface area contributed by atoms with E-state index in [0.717, 1.165) is 86.0 Å². The van der Waals surface area contributed by atoms with Crippen LogP contribution in [0.4, 0.5) is 0 Å². The summed E-state index contributed by atoms with van der Waals surface area (Å²) in [4.78, 5) is 17.8. The SMILES string of the molecule is Cc1oc2c(c1C(=O)N1CCc3nnc(C4CCCN(C)C4)n3CC1)CCCC2. The van der Waals surface area contributed by atoms with E-state index in [-0.39, 0.29) is 5.91 Å². The molecule has 0 saturated carbocycles. The maximum Gasteiger partial charge on any atom is 0.257 e. The second-order valence-corrected chi connectivity index (χ2v) is 8.91. The van der Waals surface area contributed by atoms with Gasteiger partial charge in [-0.25, -0.2) is 0 Å². The van der Waals surface area contributed by atoms with Gasteiger partial charge in [0.2, 0.25) is 0 Å². The van der Waals surface area contributed by atoms with Crippen molar-refractivity contribution in [3.05, 3.63) is 34.3 Å². The van der Waals surface area contributed by atoms with E-state index in [0.29, 0.717) is 19.0 Å². The van der Waals surface area contributed by atoms with Gasteiger partial charge in [-0.1, -0.05) is 0 Å². The predicted octanol–water partition coefficient (Wildman–Crippen LogP) is 2.57. The van der Waals surface area contributed by atoms with Gasteiger partial charge in [-0.15, -0.1) is 10.2 Å². The summed E-state index contributed by atoms with van der Waals surface area (Å²) < 4.78 is 8.24. The van der Waals surface area contributed by atoms with Crippen LogP contribution in [0.2, 0.25) is 0 Å². The fraction of sp³-hybridized carbons (Fsp3) is 0.682. The van der Waals surface area contributed by atoms with Crippen molar-refractivity contribution in [1.82, 2.24) is 24.6 Å². The quantitative estimate of drug-likeness (QED) is 0.779. The number of aryl methyl sites for hydroxylation is 2. The Bertz CT molecular complexity index is 915. The molecule has 0 aromatic carbocycles. The first-order valence-electron chi connectivity index (χ1n) is 11.1. The van der Waals surface area contributed by atoms with Gasteiger partial charge in [0.15, 0.2) is 0 Å². The van der Waals surface area contributed by atoms with Crippen molar-refractivity contribution < 1.29 is 9.21 Å². The Morgan fingerprint density at radius 2 is 1.90 bits per heavy atom. The van der Waals surface area contributed by atoms with Crippen molar-refractivity contribution in [1.29, 1.82) is 0 Å². The van der Waals surface area contributed by atoms with Crippen LogP contribution in [0.15, 0.2) is 4.42 Å². The molecule has 1 atom stereocenters. The molecular weight excluding hydrogens is 366 g/mol. The number of carbonyl (C=O) groups is 1. The molecule has 1 amide bonds. The molecule has 7 nitrogen and oxygen atoms in total. The summed E-state index contributed by atoms with van der Waals surface area (Å²) >= 11 is 0. The molecule has 2 aromatic rings. The number of furan rings is 1. The van der Waals surface area contributed by atoms with Gasteiger partial charge in [0.1, 0.15) is 23.2 Å². The largest absolute Gasteiger partial charge is 0.465 e. The fourth-order valence-electron chi connectivity index (χ4n) is 5.37. The van der Waals surface area contributed by atoms with Crippen LogP contribution in [0.1, 0.15) is 70.7 Å². The molecule has 2 aliphatic heterocycles. The molecule has 2 aromatic heterocycles. The molecule has 1 aliphatic carbocycles. The molecule has 7 heteroatoms. The Balaban J connectivity index is 1.35. The zero-order valence-electron chi connectivity index (χ0n) is 17.6. The number of hydrogen-bond acceptors (Lipinski definition) is 5. The molecule has 1 saturated heterocycles. The number of nitrogens with zero attached hydrogens (tertiary/aromatic N) is 5. The van der Waals surface area contributed by atoms with Crippen LogP contribution in [0.5, 0.6) is 0 Å². The predicted molar refractivity (Wildman–Crippen MR) is 109 cm³/mol. The molecule has 29 heavy (non-hydrogen) atoms. The molecule has 156 valence electrons. The lowest BCUT2D eigenvalue weighted by Crippen LogP contribution is -2.35. The molecule has 0 N–H and O–H groups in total. The standard InChI is InChI=1S/C22H31N5O2/c1-15-20(17-7-3-4-8-18(17)29-15)22(28)26-11-9-19-23-24-21(27(19)13-12-26)16-6-5-10-25(2)14-16/h16H,3-14H2,1-2H3. The van der Waals surface area contributed by atoms with Crippen LogP contribution in [0.3, 0.4) is 0 Å². The Labute approximate surface area is 172 Å². The van der Waals surface area contributed by atoms with Gasteiger partial charge in [0, 0.05) is 50.5 Å². The van der Waals surface area contributed by atoms with Crippen LogP contribution in [-0.2, 0) is 25.8 Å². The van der Waals surface area contributed by atoms with Gasteiger partial charge < -0.3 is 18.8 Å². The molecule has 0 spiro atoms. The van der Waals surface area contributed by atoms with Crippen LogP contribution >= 0.6 is 0 Å². The molecule has 5 rings (SSSR count). The normalized spacial score (nSPS) is 22.8. The Morgan fingerprint density at radius 1 is 1.03 bits per heavy atom. The number of carbonyl (C=O) groups excluding carboxylic acids is 1. The number of fused-ring (bicyclic) bond motifs is 2. The van der Waals surface area contributed by atoms with Gasteiger partial charge in [-0.05, 0) is 52.6 Å². The lowest BCUT2D eigenvalue weighted by molar-refractivity contribution is 0.0755. The van der Waals surface area contributed by atoms with E-state index in [1.54, 1.807) is 0 Å². The Kier molecular flexibility index (Phi) is 4.94. The van der Waals surface area contributed by atoms with E-state index >= 15 is 0 Å². The van der Waals surface area contributed by atoms with Gasteiger partial charge >= 0.3 is 0 Å². The molecule has 0 radical (unpaired) electrons. The maximum absolute atomic E-state index is 13.4. The van der Waals surface area contributed by atoms with Gasteiger partial charge in [-0.3, -0.25) is 4.79 Å². The lowest BCUT2D eigenvalue weighted by Gasteiger charge is -2.29. The fourth-order valence-corrected chi connectivity index (χ4v) is 5.37. The highest BCUT2D eigenvalue weighted by Gasteiger charge is 2.31. The smallest absolute Gasteiger partial charge is 0.257 e. The van der Waals surface area contributed by atoms with E-state index in [9.17, 15) is 4.79 Å². The summed E-state index contributed by atoms with van der Waals surface area (Å²) in [6, 6.07) is 0. The van der Waals surface area contributed by atoms with Gasteiger partial charge in [0.25, 0.3) is 5.91 Å². The third-order valence-corrected chi connectivity index (χ3v) is 6.89. The minimum absolute atomic E-state index is 0.132. The monoisotopic (exact) mass is 397 g/mol. The van der Waals surface area contributed by atoms with Crippen molar-refractivity contribution in [3.8, 4) is 0 Å².